The zero-order valence-corrected chi connectivity index (χ0v) is 11.9. The standard InChI is InChI=1S/C10H21N5O2S/c1-4-5-11-6-7-18(16,17)14-9(2)10-13-12-8-15(10)3/h8-9,11,14H,4-7H2,1-3H3. The molecule has 0 spiro atoms. The van der Waals surface area contributed by atoms with Crippen molar-refractivity contribution in [2.45, 2.75) is 26.3 Å². The van der Waals surface area contributed by atoms with Gasteiger partial charge in [-0.1, -0.05) is 6.92 Å². The molecule has 104 valence electrons. The van der Waals surface area contributed by atoms with Gasteiger partial charge in [0.1, 0.15) is 12.2 Å². The Morgan fingerprint density at radius 2 is 2.17 bits per heavy atom. The number of hydrogen-bond donors (Lipinski definition) is 2. The van der Waals surface area contributed by atoms with Crippen LogP contribution in [0.25, 0.3) is 0 Å². The van der Waals surface area contributed by atoms with Gasteiger partial charge in [-0.15, -0.1) is 10.2 Å². The Hall–Kier alpha value is -0.990. The van der Waals surface area contributed by atoms with Crippen LogP contribution in [-0.2, 0) is 17.1 Å². The highest BCUT2D eigenvalue weighted by atomic mass is 32.2. The number of hydrogen-bond acceptors (Lipinski definition) is 5. The quantitative estimate of drug-likeness (QED) is 0.641. The van der Waals surface area contributed by atoms with Crippen LogP contribution < -0.4 is 10.0 Å². The Kier molecular flexibility index (Phi) is 5.70. The Bertz CT molecular complexity index is 457. The minimum Gasteiger partial charge on any atom is -0.319 e. The maximum absolute atomic E-state index is 11.8. The third kappa shape index (κ3) is 4.71. The SMILES string of the molecule is CCCNCCS(=O)(=O)NC(C)c1nncn1C. The lowest BCUT2D eigenvalue weighted by atomic mass is 10.3. The molecule has 0 saturated carbocycles. The highest BCUT2D eigenvalue weighted by molar-refractivity contribution is 7.89. The fourth-order valence-corrected chi connectivity index (χ4v) is 2.75. The zero-order valence-electron chi connectivity index (χ0n) is 11.0. The lowest BCUT2D eigenvalue weighted by Crippen LogP contribution is -2.34. The van der Waals surface area contributed by atoms with Crippen LogP contribution in [-0.4, -0.2) is 42.0 Å². The van der Waals surface area contributed by atoms with Crippen molar-refractivity contribution in [1.82, 2.24) is 24.8 Å². The third-order valence-electron chi connectivity index (χ3n) is 2.46. The normalized spacial score (nSPS) is 13.7. The van der Waals surface area contributed by atoms with Gasteiger partial charge in [0.05, 0.1) is 11.8 Å². The van der Waals surface area contributed by atoms with Crippen LogP contribution in [0.2, 0.25) is 0 Å². The number of aromatic nitrogens is 3. The third-order valence-corrected chi connectivity index (χ3v) is 3.92. The fourth-order valence-electron chi connectivity index (χ4n) is 1.57. The molecule has 0 aliphatic rings. The van der Waals surface area contributed by atoms with Gasteiger partial charge in [-0.3, -0.25) is 0 Å². The molecule has 1 rings (SSSR count). The number of aryl methyl sites for hydroxylation is 1. The predicted molar refractivity (Wildman–Crippen MR) is 69.5 cm³/mol. The monoisotopic (exact) mass is 275 g/mol. The van der Waals surface area contributed by atoms with Crippen molar-refractivity contribution < 1.29 is 8.42 Å². The maximum Gasteiger partial charge on any atom is 0.213 e. The van der Waals surface area contributed by atoms with E-state index in [9.17, 15) is 8.42 Å². The van der Waals surface area contributed by atoms with Crippen molar-refractivity contribution >= 4 is 10.0 Å². The first kappa shape index (κ1) is 15.1. The van der Waals surface area contributed by atoms with E-state index in [0.717, 1.165) is 13.0 Å². The van der Waals surface area contributed by atoms with Crippen LogP contribution in [0.15, 0.2) is 6.33 Å². The molecule has 18 heavy (non-hydrogen) atoms. The van der Waals surface area contributed by atoms with Crippen LogP contribution in [0, 0.1) is 0 Å². The number of nitrogens with one attached hydrogen (secondary N) is 2. The summed E-state index contributed by atoms with van der Waals surface area (Å²) in [5.74, 6) is 0.662. The van der Waals surface area contributed by atoms with E-state index in [2.05, 4.69) is 20.2 Å². The molecule has 0 aliphatic carbocycles. The second-order valence-electron chi connectivity index (χ2n) is 4.21. The Balaban J connectivity index is 2.48. The van der Waals surface area contributed by atoms with E-state index in [-0.39, 0.29) is 11.8 Å². The van der Waals surface area contributed by atoms with Gasteiger partial charge in [0.2, 0.25) is 10.0 Å². The summed E-state index contributed by atoms with van der Waals surface area (Å²) in [4.78, 5) is 0. The Morgan fingerprint density at radius 3 is 2.72 bits per heavy atom. The summed E-state index contributed by atoms with van der Waals surface area (Å²) in [6.07, 6.45) is 2.53. The highest BCUT2D eigenvalue weighted by Crippen LogP contribution is 2.08. The fraction of sp³-hybridized carbons (Fsp3) is 0.800. The average molecular weight is 275 g/mol. The summed E-state index contributed by atoms with van der Waals surface area (Å²) < 4.78 is 27.9. The summed E-state index contributed by atoms with van der Waals surface area (Å²) in [6, 6.07) is -0.381. The van der Waals surface area contributed by atoms with E-state index >= 15 is 0 Å². The molecule has 1 atom stereocenters. The summed E-state index contributed by atoms with van der Waals surface area (Å²) in [7, 11) is -1.52. The van der Waals surface area contributed by atoms with Crippen molar-refractivity contribution in [2.75, 3.05) is 18.8 Å². The second kappa shape index (κ2) is 6.81. The number of sulfonamides is 1. The van der Waals surface area contributed by atoms with E-state index in [0.29, 0.717) is 12.4 Å². The average Bonchev–Trinajstić information content (AvgIpc) is 2.70. The molecule has 1 aromatic rings. The van der Waals surface area contributed by atoms with Crippen molar-refractivity contribution in [1.29, 1.82) is 0 Å². The predicted octanol–water partition coefficient (Wildman–Crippen LogP) is -0.205. The summed E-state index contributed by atoms with van der Waals surface area (Å²) in [5, 5.41) is 10.7. The molecular weight excluding hydrogens is 254 g/mol. The van der Waals surface area contributed by atoms with E-state index in [1.807, 2.05) is 6.92 Å². The molecule has 0 saturated heterocycles. The number of nitrogens with zero attached hydrogens (tertiary/aromatic N) is 3. The van der Waals surface area contributed by atoms with E-state index < -0.39 is 10.0 Å². The van der Waals surface area contributed by atoms with E-state index in [1.54, 1.807) is 24.9 Å². The molecule has 0 bridgehead atoms. The topological polar surface area (TPSA) is 88.9 Å². The van der Waals surface area contributed by atoms with Crippen molar-refractivity contribution in [3.8, 4) is 0 Å². The van der Waals surface area contributed by atoms with Crippen molar-refractivity contribution in [2.24, 2.45) is 7.05 Å². The minimum absolute atomic E-state index is 0.0647. The molecule has 8 heteroatoms. The van der Waals surface area contributed by atoms with Gasteiger partial charge in [0, 0.05) is 13.6 Å². The molecule has 1 unspecified atom stereocenters. The summed E-state index contributed by atoms with van der Waals surface area (Å²) in [6.45, 7) is 5.07. The molecule has 0 aromatic carbocycles. The van der Waals surface area contributed by atoms with Crippen molar-refractivity contribution in [3.05, 3.63) is 12.2 Å². The largest absolute Gasteiger partial charge is 0.319 e. The highest BCUT2D eigenvalue weighted by Gasteiger charge is 2.18. The van der Waals surface area contributed by atoms with Gasteiger partial charge in [-0.05, 0) is 19.9 Å². The zero-order chi connectivity index (χ0) is 13.6. The molecule has 1 heterocycles. The molecule has 0 radical (unpaired) electrons. The molecule has 1 aromatic heterocycles. The van der Waals surface area contributed by atoms with Crippen LogP contribution in [0.1, 0.15) is 32.1 Å². The summed E-state index contributed by atoms with van der Waals surface area (Å²) in [5.41, 5.74) is 0. The van der Waals surface area contributed by atoms with Crippen LogP contribution in [0.3, 0.4) is 0 Å². The van der Waals surface area contributed by atoms with E-state index in [4.69, 9.17) is 0 Å². The van der Waals surface area contributed by atoms with Gasteiger partial charge in [-0.2, -0.15) is 0 Å². The molecule has 0 fully saturated rings. The van der Waals surface area contributed by atoms with Crippen molar-refractivity contribution in [3.63, 3.8) is 0 Å². The lowest BCUT2D eigenvalue weighted by Gasteiger charge is -2.13. The maximum atomic E-state index is 11.8. The lowest BCUT2D eigenvalue weighted by molar-refractivity contribution is 0.549. The smallest absolute Gasteiger partial charge is 0.213 e. The molecule has 7 nitrogen and oxygen atoms in total. The first-order valence-corrected chi connectivity index (χ1v) is 7.66. The molecule has 0 aliphatic heterocycles. The van der Waals surface area contributed by atoms with Crippen LogP contribution >= 0.6 is 0 Å². The molecular formula is C10H21N5O2S. The molecule has 2 N–H and O–H groups in total. The van der Waals surface area contributed by atoms with Gasteiger partial charge >= 0.3 is 0 Å². The van der Waals surface area contributed by atoms with Gasteiger partial charge < -0.3 is 9.88 Å². The Labute approximate surface area is 108 Å². The second-order valence-corrected chi connectivity index (χ2v) is 6.08. The van der Waals surface area contributed by atoms with E-state index in [1.165, 1.54) is 0 Å². The van der Waals surface area contributed by atoms with Gasteiger partial charge in [0.25, 0.3) is 0 Å². The summed E-state index contributed by atoms with van der Waals surface area (Å²) >= 11 is 0. The minimum atomic E-state index is -3.30. The molecule has 0 amide bonds. The first-order chi connectivity index (χ1) is 8.46. The first-order valence-electron chi connectivity index (χ1n) is 6.01. The van der Waals surface area contributed by atoms with Gasteiger partial charge in [-0.25, -0.2) is 13.1 Å². The number of rotatable bonds is 8. The van der Waals surface area contributed by atoms with Gasteiger partial charge in [0.15, 0.2) is 0 Å². The Morgan fingerprint density at radius 1 is 1.44 bits per heavy atom. The van der Waals surface area contributed by atoms with Crippen LogP contribution in [0.5, 0.6) is 0 Å². The van der Waals surface area contributed by atoms with Crippen LogP contribution in [0.4, 0.5) is 0 Å².